The van der Waals surface area contributed by atoms with E-state index in [1.807, 2.05) is 0 Å². The fourth-order valence-electron chi connectivity index (χ4n) is 2.95. The molecule has 2 atom stereocenters. The Morgan fingerprint density at radius 2 is 2.28 bits per heavy atom. The molecular formula is C13H11FO4. The van der Waals surface area contributed by atoms with Gasteiger partial charge in [-0.2, -0.15) is 0 Å². The zero-order valence-electron chi connectivity index (χ0n) is 9.73. The largest absolute Gasteiger partial charge is 0.468 e. The number of rotatable bonds is 1. The summed E-state index contributed by atoms with van der Waals surface area (Å²) in [6, 6.07) is 4.63. The molecule has 94 valence electrons. The van der Waals surface area contributed by atoms with E-state index in [0.29, 0.717) is 11.1 Å². The van der Waals surface area contributed by atoms with Crippen molar-refractivity contribution >= 4 is 11.9 Å². The molecule has 3 rings (SSSR count). The van der Waals surface area contributed by atoms with Gasteiger partial charge in [-0.25, -0.2) is 4.39 Å². The normalized spacial score (nSPS) is 28.6. The first-order chi connectivity index (χ1) is 8.58. The summed E-state index contributed by atoms with van der Waals surface area (Å²) in [6.45, 7) is 0. The molecule has 18 heavy (non-hydrogen) atoms. The highest BCUT2D eigenvalue weighted by molar-refractivity contribution is 5.89. The average Bonchev–Trinajstić information content (AvgIpc) is 2.80. The van der Waals surface area contributed by atoms with Gasteiger partial charge in [-0.3, -0.25) is 9.59 Å². The lowest BCUT2D eigenvalue weighted by molar-refractivity contribution is -0.155. The number of carbonyl (C=O) groups is 2. The molecule has 1 aromatic rings. The summed E-state index contributed by atoms with van der Waals surface area (Å²) in [5, 5.41) is 0. The maximum absolute atomic E-state index is 13.9. The number of ether oxygens (including phenoxy) is 2. The molecule has 0 spiro atoms. The highest BCUT2D eigenvalue weighted by atomic mass is 19.1. The number of benzene rings is 1. The molecule has 5 heteroatoms. The van der Waals surface area contributed by atoms with E-state index >= 15 is 0 Å². The van der Waals surface area contributed by atoms with Crippen LogP contribution >= 0.6 is 0 Å². The molecule has 2 unspecified atom stereocenters. The van der Waals surface area contributed by atoms with Crippen LogP contribution in [0.3, 0.4) is 0 Å². The van der Waals surface area contributed by atoms with E-state index < -0.39 is 29.3 Å². The molecule has 1 aliphatic heterocycles. The molecule has 1 heterocycles. The molecule has 1 saturated heterocycles. The molecule has 0 bridgehead atoms. The third-order valence-electron chi connectivity index (χ3n) is 3.71. The lowest BCUT2D eigenvalue weighted by Gasteiger charge is -2.22. The molecule has 4 nitrogen and oxygen atoms in total. The van der Waals surface area contributed by atoms with E-state index in [4.69, 9.17) is 9.47 Å². The Balaban J connectivity index is 2.16. The van der Waals surface area contributed by atoms with Crippen LogP contribution in [0.2, 0.25) is 0 Å². The van der Waals surface area contributed by atoms with Gasteiger partial charge >= 0.3 is 11.9 Å². The van der Waals surface area contributed by atoms with Crippen molar-refractivity contribution < 1.29 is 23.5 Å². The van der Waals surface area contributed by atoms with Crippen molar-refractivity contribution in [2.75, 3.05) is 7.11 Å². The van der Waals surface area contributed by atoms with Crippen molar-refractivity contribution in [2.24, 2.45) is 5.41 Å². The number of methoxy groups -OCH3 is 1. The average molecular weight is 250 g/mol. The van der Waals surface area contributed by atoms with Crippen molar-refractivity contribution in [1.29, 1.82) is 0 Å². The number of hydrogen-bond acceptors (Lipinski definition) is 4. The van der Waals surface area contributed by atoms with Gasteiger partial charge in [0.25, 0.3) is 0 Å². The van der Waals surface area contributed by atoms with E-state index in [1.165, 1.54) is 13.2 Å². The molecule has 1 aliphatic carbocycles. The summed E-state index contributed by atoms with van der Waals surface area (Å²) in [5.74, 6) is -1.45. The second-order valence-corrected chi connectivity index (χ2v) is 4.68. The number of hydrogen-bond donors (Lipinski definition) is 0. The van der Waals surface area contributed by atoms with Crippen LogP contribution in [0.5, 0.6) is 0 Å². The predicted octanol–water partition coefficient (Wildman–Crippen LogP) is 1.53. The zero-order valence-corrected chi connectivity index (χ0v) is 9.73. The molecule has 0 amide bonds. The van der Waals surface area contributed by atoms with Gasteiger partial charge in [0.05, 0.1) is 13.5 Å². The van der Waals surface area contributed by atoms with E-state index in [-0.39, 0.29) is 12.8 Å². The molecule has 1 fully saturated rings. The van der Waals surface area contributed by atoms with Crippen LogP contribution in [0.15, 0.2) is 18.2 Å². The van der Waals surface area contributed by atoms with Gasteiger partial charge in [0.1, 0.15) is 17.3 Å². The van der Waals surface area contributed by atoms with E-state index in [1.54, 1.807) is 12.1 Å². The van der Waals surface area contributed by atoms with Crippen LogP contribution in [0.25, 0.3) is 0 Å². The Morgan fingerprint density at radius 3 is 3.00 bits per heavy atom. The zero-order chi connectivity index (χ0) is 12.9. The number of fused-ring (bicyclic) bond motifs is 3. The molecule has 0 aromatic heterocycles. The minimum Gasteiger partial charge on any atom is -0.468 e. The second kappa shape index (κ2) is 3.54. The van der Waals surface area contributed by atoms with E-state index in [9.17, 15) is 14.0 Å². The van der Waals surface area contributed by atoms with Gasteiger partial charge < -0.3 is 9.47 Å². The summed E-state index contributed by atoms with van der Waals surface area (Å²) < 4.78 is 23.8. The van der Waals surface area contributed by atoms with Crippen LogP contribution in [-0.2, 0) is 25.5 Å². The first-order valence-electron chi connectivity index (χ1n) is 5.64. The monoisotopic (exact) mass is 250 g/mol. The van der Waals surface area contributed by atoms with Crippen molar-refractivity contribution in [2.45, 2.75) is 18.9 Å². The molecule has 2 aliphatic rings. The Labute approximate surface area is 103 Å². The maximum atomic E-state index is 13.9. The van der Waals surface area contributed by atoms with Crippen molar-refractivity contribution in [3.8, 4) is 0 Å². The van der Waals surface area contributed by atoms with E-state index in [0.717, 1.165) is 0 Å². The quantitative estimate of drug-likeness (QED) is 0.709. The maximum Gasteiger partial charge on any atom is 0.316 e. The third-order valence-corrected chi connectivity index (χ3v) is 3.71. The standard InChI is InChI=1S/C13H11FO4/c1-17-12(16)13-5-7-3-2-4-8(14)10(7)11(13)18-9(15)6-13/h2-4,11H,5-6H2,1H3. The van der Waals surface area contributed by atoms with Gasteiger partial charge in [0, 0.05) is 5.56 Å². The van der Waals surface area contributed by atoms with Crippen LogP contribution in [-0.4, -0.2) is 19.0 Å². The van der Waals surface area contributed by atoms with Crippen molar-refractivity contribution in [3.63, 3.8) is 0 Å². The SMILES string of the molecule is COC(=O)C12CC(=O)OC1c1c(F)cccc1C2. The predicted molar refractivity (Wildman–Crippen MR) is 58.0 cm³/mol. The number of carbonyl (C=O) groups excluding carboxylic acids is 2. The highest BCUT2D eigenvalue weighted by Crippen LogP contribution is 2.55. The smallest absolute Gasteiger partial charge is 0.316 e. The van der Waals surface area contributed by atoms with Gasteiger partial charge in [0.2, 0.25) is 0 Å². The van der Waals surface area contributed by atoms with Gasteiger partial charge in [0.15, 0.2) is 0 Å². The summed E-state index contributed by atoms with van der Waals surface area (Å²) >= 11 is 0. The van der Waals surface area contributed by atoms with Crippen LogP contribution < -0.4 is 0 Å². The molecule has 1 aromatic carbocycles. The first kappa shape index (κ1) is 11.2. The molecule has 0 saturated carbocycles. The Bertz CT molecular complexity index is 554. The molecular weight excluding hydrogens is 239 g/mol. The topological polar surface area (TPSA) is 52.6 Å². The number of halogens is 1. The second-order valence-electron chi connectivity index (χ2n) is 4.68. The van der Waals surface area contributed by atoms with Crippen molar-refractivity contribution in [3.05, 3.63) is 35.1 Å². The minimum atomic E-state index is -1.09. The van der Waals surface area contributed by atoms with Crippen molar-refractivity contribution in [1.82, 2.24) is 0 Å². The summed E-state index contributed by atoms with van der Waals surface area (Å²) in [4.78, 5) is 23.4. The fourth-order valence-corrected chi connectivity index (χ4v) is 2.95. The fraction of sp³-hybridized carbons (Fsp3) is 0.385. The Kier molecular flexibility index (Phi) is 2.20. The third kappa shape index (κ3) is 1.24. The van der Waals surface area contributed by atoms with Crippen LogP contribution in [0.1, 0.15) is 23.7 Å². The first-order valence-corrected chi connectivity index (χ1v) is 5.64. The molecule has 0 radical (unpaired) electrons. The summed E-state index contributed by atoms with van der Waals surface area (Å²) in [5.41, 5.74) is -0.0669. The Morgan fingerprint density at radius 1 is 1.50 bits per heavy atom. The Hall–Kier alpha value is -1.91. The molecule has 0 N–H and O–H groups in total. The van der Waals surface area contributed by atoms with E-state index in [2.05, 4.69) is 0 Å². The van der Waals surface area contributed by atoms with Gasteiger partial charge in [-0.1, -0.05) is 12.1 Å². The minimum absolute atomic E-state index is 0.0571. The lowest BCUT2D eigenvalue weighted by atomic mass is 9.81. The lowest BCUT2D eigenvalue weighted by Crippen LogP contribution is -2.33. The van der Waals surface area contributed by atoms with Crippen LogP contribution in [0, 0.1) is 11.2 Å². The van der Waals surface area contributed by atoms with Gasteiger partial charge in [-0.05, 0) is 18.1 Å². The number of esters is 2. The van der Waals surface area contributed by atoms with Crippen LogP contribution in [0.4, 0.5) is 4.39 Å². The summed E-state index contributed by atoms with van der Waals surface area (Å²) in [7, 11) is 1.26. The summed E-state index contributed by atoms with van der Waals surface area (Å²) in [6.07, 6.45) is -0.629. The van der Waals surface area contributed by atoms with Gasteiger partial charge in [-0.15, -0.1) is 0 Å². The highest BCUT2D eigenvalue weighted by Gasteiger charge is 2.61.